The molecule has 0 aliphatic carbocycles. The zero-order valence-corrected chi connectivity index (χ0v) is 18.7. The number of hydrogen-bond donors (Lipinski definition) is 3. The predicted molar refractivity (Wildman–Crippen MR) is 115 cm³/mol. The molecule has 9 heteroatoms. The van der Waals surface area contributed by atoms with Crippen molar-refractivity contribution < 1.29 is 24.5 Å². The minimum atomic E-state index is -0.875. The summed E-state index contributed by atoms with van der Waals surface area (Å²) in [6.45, 7) is 4.15. The maximum absolute atomic E-state index is 13.2. The number of amides is 1. The first-order valence-electron chi connectivity index (χ1n) is 10.8. The third kappa shape index (κ3) is 3.70. The van der Waals surface area contributed by atoms with Crippen molar-refractivity contribution in [2.75, 3.05) is 39.4 Å². The number of halogens is 1. The van der Waals surface area contributed by atoms with Gasteiger partial charge in [-0.25, -0.2) is 0 Å². The van der Waals surface area contributed by atoms with E-state index in [9.17, 15) is 15.0 Å². The summed E-state index contributed by atoms with van der Waals surface area (Å²) in [5, 5.41) is 23.9. The Morgan fingerprint density at radius 2 is 1.87 bits per heavy atom. The molecule has 0 saturated carbocycles. The molecule has 3 saturated heterocycles. The number of aliphatic hydroxyl groups is 2. The smallest absolute Gasteiger partial charge is 0.263 e. The summed E-state index contributed by atoms with van der Waals surface area (Å²) in [6, 6.07) is 2.08. The van der Waals surface area contributed by atoms with Gasteiger partial charge in [-0.2, -0.15) is 0 Å². The molecule has 4 aliphatic heterocycles. The molecule has 7 nitrogen and oxygen atoms in total. The number of carbonyl (C=O) groups is 1. The summed E-state index contributed by atoms with van der Waals surface area (Å²) < 4.78 is 12.1. The van der Waals surface area contributed by atoms with Crippen LogP contribution < -0.4 is 5.32 Å². The van der Waals surface area contributed by atoms with Gasteiger partial charge in [-0.05, 0) is 56.8 Å². The fraction of sp³-hybridized carbons (Fsp3) is 0.762. The van der Waals surface area contributed by atoms with Gasteiger partial charge < -0.3 is 29.9 Å². The van der Waals surface area contributed by atoms with Crippen LogP contribution in [0.4, 0.5) is 0 Å². The third-order valence-corrected chi connectivity index (χ3v) is 8.42. The molecular weight excluding hydrogens is 428 g/mol. The number of fused-ring (bicyclic) bond motifs is 2. The van der Waals surface area contributed by atoms with Crippen LogP contribution in [0.25, 0.3) is 0 Å². The Hall–Kier alpha value is -0.740. The van der Waals surface area contributed by atoms with Crippen molar-refractivity contribution in [2.45, 2.75) is 61.9 Å². The molecule has 168 valence electrons. The number of hydrogen-bond acceptors (Lipinski definition) is 7. The lowest BCUT2D eigenvalue weighted by molar-refractivity contribution is -0.212. The van der Waals surface area contributed by atoms with Gasteiger partial charge in [-0.1, -0.05) is 0 Å². The molecule has 3 N–H and O–H groups in total. The van der Waals surface area contributed by atoms with Crippen LogP contribution in [-0.2, 0) is 21.5 Å². The van der Waals surface area contributed by atoms with Crippen molar-refractivity contribution >= 4 is 29.7 Å². The van der Waals surface area contributed by atoms with E-state index in [-0.39, 0.29) is 23.9 Å². The van der Waals surface area contributed by atoms with E-state index in [1.165, 1.54) is 10.4 Å². The van der Waals surface area contributed by atoms with Gasteiger partial charge in [0, 0.05) is 24.4 Å². The number of rotatable bonds is 1. The highest BCUT2D eigenvalue weighted by atomic mass is 35.5. The highest BCUT2D eigenvalue weighted by Crippen LogP contribution is 2.44. The molecule has 1 aromatic rings. The summed E-state index contributed by atoms with van der Waals surface area (Å²) in [5.74, 6) is 0.0641. The number of ether oxygens (including phenoxy) is 2. The van der Waals surface area contributed by atoms with Crippen LogP contribution in [0.5, 0.6) is 0 Å². The Morgan fingerprint density at radius 1 is 1.13 bits per heavy atom. The van der Waals surface area contributed by atoms with E-state index in [1.807, 2.05) is 4.90 Å². The minimum absolute atomic E-state index is 0. The Bertz CT molecular complexity index is 773. The molecule has 1 amide bonds. The molecule has 2 atom stereocenters. The molecule has 0 unspecified atom stereocenters. The number of piperidine rings is 2. The Kier molecular flexibility index (Phi) is 6.48. The fourth-order valence-corrected chi connectivity index (χ4v) is 6.63. The zero-order chi connectivity index (χ0) is 20.1. The van der Waals surface area contributed by atoms with Gasteiger partial charge in [-0.3, -0.25) is 4.79 Å². The SMILES string of the molecule is Cl.O=C(c1cc2c(s1)CCOC21CCNCC1)N1CCC2(CC1)OCC[C@H](O)[C@@H]2O. The average molecular weight is 459 g/mol. The number of aliphatic hydroxyl groups excluding tert-OH is 2. The minimum Gasteiger partial charge on any atom is -0.390 e. The van der Waals surface area contributed by atoms with E-state index in [0.717, 1.165) is 43.8 Å². The summed E-state index contributed by atoms with van der Waals surface area (Å²) in [4.78, 5) is 17.2. The maximum Gasteiger partial charge on any atom is 0.263 e. The van der Waals surface area contributed by atoms with E-state index in [0.29, 0.717) is 39.0 Å². The van der Waals surface area contributed by atoms with Gasteiger partial charge >= 0.3 is 0 Å². The molecule has 30 heavy (non-hydrogen) atoms. The van der Waals surface area contributed by atoms with Crippen LogP contribution in [0.15, 0.2) is 6.07 Å². The van der Waals surface area contributed by atoms with Crippen LogP contribution in [0.3, 0.4) is 0 Å². The van der Waals surface area contributed by atoms with Crippen LogP contribution in [0.2, 0.25) is 0 Å². The molecule has 2 spiro atoms. The Balaban J connectivity index is 0.00000218. The number of nitrogens with one attached hydrogen (secondary N) is 1. The quantitative estimate of drug-likeness (QED) is 0.590. The second kappa shape index (κ2) is 8.65. The average Bonchev–Trinajstić information content (AvgIpc) is 3.19. The lowest BCUT2D eigenvalue weighted by Gasteiger charge is -2.48. The maximum atomic E-state index is 13.2. The first-order chi connectivity index (χ1) is 14.0. The molecule has 5 rings (SSSR count). The van der Waals surface area contributed by atoms with Crippen molar-refractivity contribution in [3.05, 3.63) is 21.4 Å². The van der Waals surface area contributed by atoms with E-state index in [1.54, 1.807) is 11.3 Å². The molecule has 3 fully saturated rings. The molecule has 0 radical (unpaired) electrons. The number of carbonyl (C=O) groups excluding carboxylic acids is 1. The highest BCUT2D eigenvalue weighted by molar-refractivity contribution is 7.14. The fourth-order valence-electron chi connectivity index (χ4n) is 5.43. The van der Waals surface area contributed by atoms with Crippen LogP contribution in [-0.4, -0.2) is 78.2 Å². The van der Waals surface area contributed by atoms with Crippen molar-refractivity contribution in [1.82, 2.24) is 10.2 Å². The van der Waals surface area contributed by atoms with Gasteiger partial charge in [-0.15, -0.1) is 23.7 Å². The van der Waals surface area contributed by atoms with Gasteiger partial charge in [0.05, 0.1) is 35.4 Å². The summed E-state index contributed by atoms with van der Waals surface area (Å²) in [6.07, 6.45) is 2.74. The summed E-state index contributed by atoms with van der Waals surface area (Å²) >= 11 is 1.62. The lowest BCUT2D eigenvalue weighted by Crippen LogP contribution is -2.60. The number of thiophene rings is 1. The molecule has 4 aliphatic rings. The standard InChI is InChI=1S/C21H30N2O5S.ClH/c24-15-1-11-28-21(18(15)25)5-9-23(10-6-21)19(26)17-13-14-16(29-17)2-12-27-20(14)3-7-22-8-4-20;/h13,15,18,22,24-25H,1-12H2;1H/t15-,18-;/m0./s1. The predicted octanol–water partition coefficient (Wildman–Crippen LogP) is 1.44. The summed E-state index contributed by atoms with van der Waals surface area (Å²) in [5.41, 5.74) is 0.285. The molecule has 5 heterocycles. The highest BCUT2D eigenvalue weighted by Gasteiger charge is 2.48. The third-order valence-electron chi connectivity index (χ3n) is 7.23. The van der Waals surface area contributed by atoms with Crippen molar-refractivity contribution in [3.63, 3.8) is 0 Å². The molecule has 0 bridgehead atoms. The monoisotopic (exact) mass is 458 g/mol. The summed E-state index contributed by atoms with van der Waals surface area (Å²) in [7, 11) is 0. The Labute approximate surface area is 187 Å². The van der Waals surface area contributed by atoms with E-state index < -0.39 is 17.8 Å². The molecule has 1 aromatic heterocycles. The number of likely N-dealkylation sites (tertiary alicyclic amines) is 1. The number of nitrogens with zero attached hydrogens (tertiary/aromatic N) is 1. The van der Waals surface area contributed by atoms with E-state index in [2.05, 4.69) is 11.4 Å². The second-order valence-corrected chi connectivity index (χ2v) is 9.93. The topological polar surface area (TPSA) is 91.3 Å². The molecular formula is C21H31ClN2O5S. The van der Waals surface area contributed by atoms with Crippen LogP contribution in [0.1, 0.15) is 52.2 Å². The van der Waals surface area contributed by atoms with Gasteiger partial charge in [0.25, 0.3) is 5.91 Å². The Morgan fingerprint density at radius 3 is 2.60 bits per heavy atom. The van der Waals surface area contributed by atoms with Gasteiger partial charge in [0.2, 0.25) is 0 Å². The molecule has 0 aromatic carbocycles. The van der Waals surface area contributed by atoms with Crippen molar-refractivity contribution in [2.24, 2.45) is 0 Å². The van der Waals surface area contributed by atoms with Gasteiger partial charge in [0.1, 0.15) is 6.10 Å². The first-order valence-corrected chi connectivity index (χ1v) is 11.6. The van der Waals surface area contributed by atoms with E-state index >= 15 is 0 Å². The van der Waals surface area contributed by atoms with Crippen molar-refractivity contribution in [3.8, 4) is 0 Å². The van der Waals surface area contributed by atoms with Gasteiger partial charge in [0.15, 0.2) is 0 Å². The van der Waals surface area contributed by atoms with E-state index in [4.69, 9.17) is 9.47 Å². The zero-order valence-electron chi connectivity index (χ0n) is 17.1. The second-order valence-electron chi connectivity index (χ2n) is 8.80. The first kappa shape index (κ1) is 22.5. The normalized spacial score (nSPS) is 30.0. The van der Waals surface area contributed by atoms with Crippen molar-refractivity contribution in [1.29, 1.82) is 0 Å². The van der Waals surface area contributed by atoms with Crippen LogP contribution in [0, 0.1) is 0 Å². The lowest BCUT2D eigenvalue weighted by atomic mass is 9.80. The largest absolute Gasteiger partial charge is 0.390 e. The van der Waals surface area contributed by atoms with Crippen LogP contribution >= 0.6 is 23.7 Å².